The lowest BCUT2D eigenvalue weighted by molar-refractivity contribution is -0.129. The second-order valence-electron chi connectivity index (χ2n) is 6.12. The molecule has 0 aliphatic carbocycles. The van der Waals surface area contributed by atoms with Gasteiger partial charge in [0.15, 0.2) is 0 Å². The number of carboxylic acids is 1. The van der Waals surface area contributed by atoms with Gasteiger partial charge in [0.25, 0.3) is 10.0 Å². The molecule has 2 rings (SSSR count). The van der Waals surface area contributed by atoms with Crippen LogP contribution in [0.5, 0.6) is 0 Å². The normalized spacial score (nSPS) is 11.1. The third kappa shape index (κ3) is 5.07. The van der Waals surface area contributed by atoms with Crippen LogP contribution < -0.4 is 4.72 Å². The predicted octanol–water partition coefficient (Wildman–Crippen LogP) is 2.86. The molecular formula is C19H22N2O5S. The lowest BCUT2D eigenvalue weighted by Gasteiger charge is -2.19. The van der Waals surface area contributed by atoms with Crippen molar-refractivity contribution in [3.8, 4) is 0 Å². The van der Waals surface area contributed by atoms with E-state index in [1.165, 1.54) is 19.1 Å². The SMILES string of the molecule is CCN(Cc1cccc(NS(=O)(=O)c2cc(C(=O)O)ccc2C)c1)C(C)=O. The van der Waals surface area contributed by atoms with E-state index in [4.69, 9.17) is 5.11 Å². The van der Waals surface area contributed by atoms with Crippen LogP contribution in [-0.4, -0.2) is 36.8 Å². The van der Waals surface area contributed by atoms with Gasteiger partial charge < -0.3 is 10.0 Å². The van der Waals surface area contributed by atoms with E-state index in [1.54, 1.807) is 36.1 Å². The fraction of sp³-hybridized carbons (Fsp3) is 0.263. The molecule has 0 saturated heterocycles. The summed E-state index contributed by atoms with van der Waals surface area (Å²) in [7, 11) is -3.96. The number of benzene rings is 2. The summed E-state index contributed by atoms with van der Waals surface area (Å²) in [6.45, 7) is 5.87. The Hall–Kier alpha value is -2.87. The number of carbonyl (C=O) groups is 2. The van der Waals surface area contributed by atoms with Crippen LogP contribution in [0.15, 0.2) is 47.4 Å². The molecule has 0 radical (unpaired) electrons. The van der Waals surface area contributed by atoms with Gasteiger partial charge in [0.1, 0.15) is 0 Å². The third-order valence-electron chi connectivity index (χ3n) is 4.10. The summed E-state index contributed by atoms with van der Waals surface area (Å²) in [4.78, 5) is 24.2. The second kappa shape index (κ2) is 8.22. The topological polar surface area (TPSA) is 104 Å². The molecule has 2 aromatic rings. The Balaban J connectivity index is 2.31. The van der Waals surface area contributed by atoms with Gasteiger partial charge in [-0.25, -0.2) is 13.2 Å². The molecule has 0 saturated carbocycles. The molecule has 8 heteroatoms. The Kier molecular flexibility index (Phi) is 6.22. The van der Waals surface area contributed by atoms with Gasteiger partial charge in [0.05, 0.1) is 10.5 Å². The number of hydrogen-bond donors (Lipinski definition) is 2. The van der Waals surface area contributed by atoms with Crippen molar-refractivity contribution >= 4 is 27.6 Å². The Labute approximate surface area is 158 Å². The maximum atomic E-state index is 12.7. The average Bonchev–Trinajstić information content (AvgIpc) is 2.59. The zero-order chi connectivity index (χ0) is 20.2. The minimum absolute atomic E-state index is 0.0652. The molecule has 7 nitrogen and oxygen atoms in total. The zero-order valence-electron chi connectivity index (χ0n) is 15.4. The number of aryl methyl sites for hydroxylation is 1. The number of carboxylic acid groups (broad SMARTS) is 1. The standard InChI is InChI=1S/C19H22N2O5S/c1-4-21(14(3)22)12-15-6-5-7-17(10-15)20-27(25,26)18-11-16(19(23)24)9-8-13(18)2/h5-11,20H,4,12H2,1-3H3,(H,23,24). The summed E-state index contributed by atoms with van der Waals surface area (Å²) in [6.07, 6.45) is 0. The highest BCUT2D eigenvalue weighted by atomic mass is 32.2. The Morgan fingerprint density at radius 3 is 2.44 bits per heavy atom. The zero-order valence-corrected chi connectivity index (χ0v) is 16.2. The molecule has 0 spiro atoms. The van der Waals surface area contributed by atoms with E-state index in [-0.39, 0.29) is 16.4 Å². The van der Waals surface area contributed by atoms with Crippen LogP contribution >= 0.6 is 0 Å². The number of rotatable bonds is 7. The molecule has 0 unspecified atom stereocenters. The van der Waals surface area contributed by atoms with Gasteiger partial charge in [-0.15, -0.1) is 0 Å². The summed E-state index contributed by atoms with van der Waals surface area (Å²) in [6, 6.07) is 10.7. The largest absolute Gasteiger partial charge is 0.478 e. The number of anilines is 1. The van der Waals surface area contributed by atoms with E-state index >= 15 is 0 Å². The van der Waals surface area contributed by atoms with Gasteiger partial charge in [-0.05, 0) is 49.2 Å². The van der Waals surface area contributed by atoms with Gasteiger partial charge in [0.2, 0.25) is 5.91 Å². The first-order valence-electron chi connectivity index (χ1n) is 8.35. The molecule has 0 aliphatic heterocycles. The van der Waals surface area contributed by atoms with E-state index < -0.39 is 16.0 Å². The van der Waals surface area contributed by atoms with E-state index in [1.807, 2.05) is 6.92 Å². The van der Waals surface area contributed by atoms with Crippen LogP contribution in [0.25, 0.3) is 0 Å². The smallest absolute Gasteiger partial charge is 0.335 e. The average molecular weight is 390 g/mol. The summed E-state index contributed by atoms with van der Waals surface area (Å²) in [5, 5.41) is 9.10. The van der Waals surface area contributed by atoms with Crippen LogP contribution in [0.4, 0.5) is 5.69 Å². The van der Waals surface area contributed by atoms with Crippen molar-refractivity contribution < 1.29 is 23.1 Å². The fourth-order valence-electron chi connectivity index (χ4n) is 2.63. The van der Waals surface area contributed by atoms with Crippen LogP contribution in [0, 0.1) is 6.92 Å². The van der Waals surface area contributed by atoms with Crippen LogP contribution in [0.3, 0.4) is 0 Å². The van der Waals surface area contributed by atoms with Gasteiger partial charge in [0, 0.05) is 25.7 Å². The van der Waals surface area contributed by atoms with Crippen molar-refractivity contribution in [1.29, 1.82) is 0 Å². The summed E-state index contributed by atoms with van der Waals surface area (Å²) in [5.41, 5.74) is 1.46. The second-order valence-corrected chi connectivity index (χ2v) is 7.78. The van der Waals surface area contributed by atoms with Gasteiger partial charge in [-0.3, -0.25) is 9.52 Å². The lowest BCUT2D eigenvalue weighted by atomic mass is 10.1. The highest BCUT2D eigenvalue weighted by Crippen LogP contribution is 2.22. The first-order valence-corrected chi connectivity index (χ1v) is 9.83. The van der Waals surface area contributed by atoms with Gasteiger partial charge in [-0.1, -0.05) is 18.2 Å². The number of aromatic carboxylic acids is 1. The predicted molar refractivity (Wildman–Crippen MR) is 102 cm³/mol. The first-order chi connectivity index (χ1) is 12.6. The third-order valence-corrected chi connectivity index (χ3v) is 5.63. The van der Waals surface area contributed by atoms with Crippen molar-refractivity contribution in [3.05, 3.63) is 59.2 Å². The first kappa shape index (κ1) is 20.4. The minimum atomic E-state index is -3.96. The minimum Gasteiger partial charge on any atom is -0.478 e. The molecule has 2 N–H and O–H groups in total. The number of hydrogen-bond acceptors (Lipinski definition) is 4. The number of amides is 1. The van der Waals surface area contributed by atoms with Crippen LogP contribution in [-0.2, 0) is 21.4 Å². The fourth-order valence-corrected chi connectivity index (χ4v) is 3.95. The molecule has 1 amide bonds. The monoisotopic (exact) mass is 390 g/mol. The van der Waals surface area contributed by atoms with Crippen molar-refractivity contribution in [2.45, 2.75) is 32.2 Å². The highest BCUT2D eigenvalue weighted by molar-refractivity contribution is 7.92. The van der Waals surface area contributed by atoms with Crippen LogP contribution in [0.2, 0.25) is 0 Å². The van der Waals surface area contributed by atoms with E-state index in [2.05, 4.69) is 4.72 Å². The molecule has 144 valence electrons. The van der Waals surface area contributed by atoms with E-state index in [0.29, 0.717) is 24.3 Å². The van der Waals surface area contributed by atoms with E-state index in [9.17, 15) is 18.0 Å². The molecule has 0 bridgehead atoms. The van der Waals surface area contributed by atoms with Crippen molar-refractivity contribution in [2.75, 3.05) is 11.3 Å². The van der Waals surface area contributed by atoms with Crippen molar-refractivity contribution in [3.63, 3.8) is 0 Å². The number of nitrogens with zero attached hydrogens (tertiary/aromatic N) is 1. The lowest BCUT2D eigenvalue weighted by Crippen LogP contribution is -2.27. The molecule has 0 atom stereocenters. The molecule has 0 aliphatic rings. The van der Waals surface area contributed by atoms with Crippen molar-refractivity contribution in [2.24, 2.45) is 0 Å². The molecular weight excluding hydrogens is 368 g/mol. The van der Waals surface area contributed by atoms with Crippen molar-refractivity contribution in [1.82, 2.24) is 4.90 Å². The number of nitrogens with one attached hydrogen (secondary N) is 1. The number of carbonyl (C=O) groups excluding carboxylic acids is 1. The number of sulfonamides is 1. The van der Waals surface area contributed by atoms with Gasteiger partial charge >= 0.3 is 5.97 Å². The van der Waals surface area contributed by atoms with Crippen LogP contribution in [0.1, 0.15) is 35.3 Å². The Morgan fingerprint density at radius 1 is 1.15 bits per heavy atom. The molecule has 27 heavy (non-hydrogen) atoms. The molecule has 0 aromatic heterocycles. The molecule has 0 fully saturated rings. The Bertz CT molecular complexity index is 970. The summed E-state index contributed by atoms with van der Waals surface area (Å²) in [5.74, 6) is -1.26. The Morgan fingerprint density at radius 2 is 1.85 bits per heavy atom. The maximum absolute atomic E-state index is 12.7. The quantitative estimate of drug-likeness (QED) is 0.757. The van der Waals surface area contributed by atoms with Gasteiger partial charge in [-0.2, -0.15) is 0 Å². The van der Waals surface area contributed by atoms with E-state index in [0.717, 1.165) is 11.6 Å². The molecule has 2 aromatic carbocycles. The summed E-state index contributed by atoms with van der Waals surface area (Å²) < 4.78 is 27.9. The highest BCUT2D eigenvalue weighted by Gasteiger charge is 2.19. The molecule has 0 heterocycles. The maximum Gasteiger partial charge on any atom is 0.335 e. The summed E-state index contributed by atoms with van der Waals surface area (Å²) >= 11 is 0.